The van der Waals surface area contributed by atoms with Gasteiger partial charge in [0, 0.05) is 21.7 Å². The molecule has 1 unspecified atom stereocenters. The summed E-state index contributed by atoms with van der Waals surface area (Å²) >= 11 is 1.22. The third kappa shape index (κ3) is 2.18. The zero-order valence-corrected chi connectivity index (χ0v) is 11.5. The van der Waals surface area contributed by atoms with E-state index >= 15 is 0 Å². The fourth-order valence-corrected chi connectivity index (χ4v) is 3.66. The molecule has 6 heteroatoms. The molecule has 0 aliphatic heterocycles. The van der Waals surface area contributed by atoms with Crippen molar-refractivity contribution in [1.82, 2.24) is 0 Å². The van der Waals surface area contributed by atoms with E-state index in [1.165, 1.54) is 24.2 Å². The average molecular weight is 296 g/mol. The number of carboxylic acid groups (broad SMARTS) is 1. The van der Waals surface area contributed by atoms with E-state index in [2.05, 4.69) is 6.08 Å². The largest absolute Gasteiger partial charge is 0.479 e. The van der Waals surface area contributed by atoms with Crippen LogP contribution in [0.3, 0.4) is 0 Å². The topological polar surface area (TPSA) is 98.0 Å². The van der Waals surface area contributed by atoms with Gasteiger partial charge in [-0.25, -0.2) is 4.79 Å². The van der Waals surface area contributed by atoms with Gasteiger partial charge in [0.2, 0.25) is 0 Å². The Morgan fingerprint density at radius 1 is 1.40 bits per heavy atom. The molecule has 1 saturated carbocycles. The van der Waals surface area contributed by atoms with Crippen LogP contribution < -0.4 is 0 Å². The molecule has 1 aromatic rings. The summed E-state index contributed by atoms with van der Waals surface area (Å²) in [5, 5.41) is 39.3. The second kappa shape index (κ2) is 4.66. The smallest absolute Gasteiger partial charge is 0.340 e. The summed E-state index contributed by atoms with van der Waals surface area (Å²) in [6.07, 6.45) is 3.46. The Labute approximate surface area is 119 Å². The molecule has 20 heavy (non-hydrogen) atoms. The number of aliphatic hydroxyl groups is 3. The first-order valence-corrected chi connectivity index (χ1v) is 7.38. The first-order chi connectivity index (χ1) is 9.41. The predicted octanol–water partition coefficient (Wildman–Crippen LogP) is 1.24. The fourth-order valence-electron chi connectivity index (χ4n) is 2.47. The van der Waals surface area contributed by atoms with Crippen molar-refractivity contribution in [2.24, 2.45) is 5.92 Å². The van der Waals surface area contributed by atoms with Crippen LogP contribution in [-0.2, 0) is 10.4 Å². The number of fused-ring (bicyclic) bond motifs is 1. The molecule has 0 bridgehead atoms. The van der Waals surface area contributed by atoms with E-state index in [-0.39, 0.29) is 5.56 Å². The lowest BCUT2D eigenvalue weighted by molar-refractivity contribution is -0.168. The van der Waals surface area contributed by atoms with Gasteiger partial charge in [0.15, 0.2) is 5.60 Å². The number of hydrogen-bond donors (Lipinski definition) is 4. The molecule has 0 saturated heterocycles. The molecule has 0 amide bonds. The van der Waals surface area contributed by atoms with Crippen LogP contribution in [0.15, 0.2) is 12.1 Å². The molecule has 2 aliphatic rings. The fraction of sp³-hybridized carbons (Fsp3) is 0.500. The van der Waals surface area contributed by atoms with E-state index < -0.39 is 30.2 Å². The van der Waals surface area contributed by atoms with Crippen LogP contribution in [0.25, 0.3) is 6.08 Å². The minimum Gasteiger partial charge on any atom is -0.479 e. The quantitative estimate of drug-likeness (QED) is 0.673. The zero-order valence-electron chi connectivity index (χ0n) is 10.7. The van der Waals surface area contributed by atoms with Crippen molar-refractivity contribution in [1.29, 1.82) is 0 Å². The lowest BCUT2D eigenvalue weighted by Crippen LogP contribution is -2.44. The lowest BCUT2D eigenvalue weighted by Gasteiger charge is -2.34. The molecule has 1 aromatic heterocycles. The average Bonchev–Trinajstić information content (AvgIpc) is 3.11. The second-order valence-corrected chi connectivity index (χ2v) is 6.62. The molecule has 1 fully saturated rings. The predicted molar refractivity (Wildman–Crippen MR) is 73.2 cm³/mol. The first-order valence-electron chi connectivity index (χ1n) is 6.56. The zero-order chi connectivity index (χ0) is 14.5. The van der Waals surface area contributed by atoms with E-state index in [9.17, 15) is 25.2 Å². The Morgan fingerprint density at radius 2 is 2.10 bits per heavy atom. The van der Waals surface area contributed by atoms with E-state index in [4.69, 9.17) is 0 Å². The van der Waals surface area contributed by atoms with Crippen molar-refractivity contribution >= 4 is 23.4 Å². The SMILES string of the molecule is O=C(O)[C@@]1(O)CC(O)[C@H](O)c2sc(/C=C/C3CC3)cc21. The van der Waals surface area contributed by atoms with Gasteiger partial charge in [0.1, 0.15) is 6.10 Å². The number of rotatable bonds is 3. The van der Waals surface area contributed by atoms with Crippen molar-refractivity contribution in [3.05, 3.63) is 27.5 Å². The summed E-state index contributed by atoms with van der Waals surface area (Å²) in [5.41, 5.74) is -1.93. The Bertz CT molecular complexity index is 574. The highest BCUT2D eigenvalue weighted by atomic mass is 32.1. The number of aliphatic hydroxyl groups excluding tert-OH is 2. The van der Waals surface area contributed by atoms with Gasteiger partial charge >= 0.3 is 5.97 Å². The van der Waals surface area contributed by atoms with Gasteiger partial charge in [-0.2, -0.15) is 0 Å². The van der Waals surface area contributed by atoms with E-state index in [1.54, 1.807) is 6.07 Å². The van der Waals surface area contributed by atoms with Crippen LogP contribution in [0.1, 0.15) is 40.7 Å². The highest BCUT2D eigenvalue weighted by molar-refractivity contribution is 7.13. The highest BCUT2D eigenvalue weighted by Gasteiger charge is 2.49. The Balaban J connectivity index is 2.02. The standard InChI is InChI=1S/C14H16O5S/c15-10-6-14(19,13(17)18)9-5-8(4-3-7-1-2-7)20-12(9)11(10)16/h3-5,7,10-11,15-16,19H,1-2,6H2,(H,17,18)/b4-3+/t10?,11-,14+/m0/s1. The van der Waals surface area contributed by atoms with Crippen LogP contribution >= 0.6 is 11.3 Å². The molecule has 1 heterocycles. The number of aliphatic carboxylic acids is 1. The summed E-state index contributed by atoms with van der Waals surface area (Å²) < 4.78 is 0. The summed E-state index contributed by atoms with van der Waals surface area (Å²) in [5.74, 6) is -0.816. The third-order valence-corrected chi connectivity index (χ3v) is 5.04. The molecular weight excluding hydrogens is 280 g/mol. The van der Waals surface area contributed by atoms with Gasteiger partial charge in [-0.3, -0.25) is 0 Å². The van der Waals surface area contributed by atoms with E-state index in [0.717, 1.165) is 4.88 Å². The van der Waals surface area contributed by atoms with E-state index in [0.29, 0.717) is 10.8 Å². The van der Waals surface area contributed by atoms with Crippen LogP contribution in [0.4, 0.5) is 0 Å². The van der Waals surface area contributed by atoms with Crippen LogP contribution in [0.2, 0.25) is 0 Å². The molecule has 4 N–H and O–H groups in total. The van der Waals surface area contributed by atoms with Gasteiger partial charge in [0.25, 0.3) is 0 Å². The highest BCUT2D eigenvalue weighted by Crippen LogP contribution is 2.45. The van der Waals surface area contributed by atoms with Crippen molar-refractivity contribution in [3.8, 4) is 0 Å². The maximum Gasteiger partial charge on any atom is 0.340 e. The van der Waals surface area contributed by atoms with Crippen molar-refractivity contribution in [3.63, 3.8) is 0 Å². The van der Waals surface area contributed by atoms with Crippen LogP contribution in [0.5, 0.6) is 0 Å². The van der Waals surface area contributed by atoms with E-state index in [1.807, 2.05) is 6.08 Å². The van der Waals surface area contributed by atoms with Gasteiger partial charge in [-0.15, -0.1) is 11.3 Å². The maximum atomic E-state index is 11.3. The molecular formula is C14H16O5S. The van der Waals surface area contributed by atoms with Gasteiger partial charge in [-0.05, 0) is 30.9 Å². The molecule has 3 atom stereocenters. The minimum atomic E-state index is -2.13. The third-order valence-electron chi connectivity index (χ3n) is 3.87. The number of allylic oxidation sites excluding steroid dienone is 1. The molecule has 0 aromatic carbocycles. The normalized spacial score (nSPS) is 33.4. The summed E-state index contributed by atoms with van der Waals surface area (Å²) in [6, 6.07) is 1.60. The van der Waals surface area contributed by atoms with Gasteiger partial charge < -0.3 is 20.4 Å². The van der Waals surface area contributed by atoms with Gasteiger partial charge in [0.05, 0.1) is 6.10 Å². The molecule has 0 radical (unpaired) electrons. The number of carboxylic acids is 1. The molecule has 2 aliphatic carbocycles. The lowest BCUT2D eigenvalue weighted by atomic mass is 9.80. The maximum absolute atomic E-state index is 11.3. The monoisotopic (exact) mass is 296 g/mol. The molecule has 5 nitrogen and oxygen atoms in total. The first kappa shape index (κ1) is 13.8. The van der Waals surface area contributed by atoms with Crippen molar-refractivity contribution < 1.29 is 25.2 Å². The molecule has 3 rings (SSSR count). The van der Waals surface area contributed by atoms with Crippen molar-refractivity contribution in [2.45, 2.75) is 37.1 Å². The number of thiophene rings is 1. The Kier molecular flexibility index (Phi) is 3.21. The second-order valence-electron chi connectivity index (χ2n) is 5.50. The summed E-state index contributed by atoms with van der Waals surface area (Å²) in [6.45, 7) is 0. The Morgan fingerprint density at radius 3 is 2.70 bits per heavy atom. The number of hydrogen-bond acceptors (Lipinski definition) is 5. The molecule has 0 spiro atoms. The van der Waals surface area contributed by atoms with Crippen molar-refractivity contribution in [2.75, 3.05) is 0 Å². The summed E-state index contributed by atoms with van der Waals surface area (Å²) in [7, 11) is 0. The minimum absolute atomic E-state index is 0.197. The Hall–Kier alpha value is -1.21. The summed E-state index contributed by atoms with van der Waals surface area (Å²) in [4.78, 5) is 12.4. The van der Waals surface area contributed by atoms with Crippen LogP contribution in [-0.4, -0.2) is 32.5 Å². The molecule has 108 valence electrons. The van der Waals surface area contributed by atoms with Crippen LogP contribution in [0, 0.1) is 5.92 Å². The van der Waals surface area contributed by atoms with Gasteiger partial charge in [-0.1, -0.05) is 6.08 Å². The number of carbonyl (C=O) groups is 1.